The normalized spacial score (nSPS) is 11.9. The second kappa shape index (κ2) is 12.0. The summed E-state index contributed by atoms with van der Waals surface area (Å²) in [7, 11) is 0. The van der Waals surface area contributed by atoms with Crippen LogP contribution in [0.15, 0.2) is 30.5 Å². The Labute approximate surface area is 200 Å². The molecule has 200 valence electrons. The molecule has 3 aromatic rings. The van der Waals surface area contributed by atoms with Gasteiger partial charge in [-0.3, -0.25) is 4.98 Å². The molecule has 0 aliphatic heterocycles. The third-order valence-corrected chi connectivity index (χ3v) is 4.13. The molecule has 2 aromatic heterocycles. The minimum Gasteiger partial charge on any atom is -0.475 e. The number of imidazole rings is 1. The fourth-order valence-corrected chi connectivity index (χ4v) is 2.69. The van der Waals surface area contributed by atoms with Crippen LogP contribution in [-0.2, 0) is 22.7 Å². The lowest BCUT2D eigenvalue weighted by molar-refractivity contribution is -0.193. The van der Waals surface area contributed by atoms with E-state index < -0.39 is 29.9 Å². The fourth-order valence-electron chi connectivity index (χ4n) is 2.69. The molecule has 0 saturated heterocycles. The van der Waals surface area contributed by atoms with Crippen molar-refractivity contribution in [2.24, 2.45) is 0 Å². The Balaban J connectivity index is 0.000000383. The molecular formula is C21H24F6N4O5. The summed E-state index contributed by atoms with van der Waals surface area (Å²) in [5.74, 6) is -4.59. The Hall–Kier alpha value is -3.46. The van der Waals surface area contributed by atoms with Gasteiger partial charge in [0.1, 0.15) is 5.82 Å². The van der Waals surface area contributed by atoms with E-state index >= 15 is 0 Å². The molecule has 0 unspecified atom stereocenters. The highest BCUT2D eigenvalue weighted by atomic mass is 19.4. The van der Waals surface area contributed by atoms with Crippen molar-refractivity contribution in [2.75, 3.05) is 6.54 Å². The van der Waals surface area contributed by atoms with Crippen LogP contribution in [0.3, 0.4) is 0 Å². The number of nitrogens with one attached hydrogen (secondary N) is 1. The Morgan fingerprint density at radius 2 is 1.50 bits per heavy atom. The van der Waals surface area contributed by atoms with Gasteiger partial charge >= 0.3 is 24.3 Å². The largest absolute Gasteiger partial charge is 0.490 e. The number of halogens is 6. The van der Waals surface area contributed by atoms with Crippen LogP contribution in [0.1, 0.15) is 26.6 Å². The number of hydrogen-bond donors (Lipinski definition) is 4. The van der Waals surface area contributed by atoms with Crippen LogP contribution < -0.4 is 5.32 Å². The summed E-state index contributed by atoms with van der Waals surface area (Å²) in [5.41, 5.74) is 2.05. The van der Waals surface area contributed by atoms with Crippen molar-refractivity contribution in [1.82, 2.24) is 19.9 Å². The molecule has 0 fully saturated rings. The standard InChI is InChI=1S/C17H22N4O.2C2HF3O2/c1-4-18-10-15-20-16-12-7-5-6-8-13(12)19-9-14(16)21(15)11-17(2,3)22;2*3-2(4,5)1(6)7/h5-9,18,22H,4,10-11H2,1-3H3;2*(H,6,7). The van der Waals surface area contributed by atoms with Gasteiger partial charge in [-0.05, 0) is 26.5 Å². The van der Waals surface area contributed by atoms with E-state index in [2.05, 4.69) is 21.8 Å². The number of nitrogens with zero attached hydrogens (tertiary/aromatic N) is 3. The van der Waals surface area contributed by atoms with E-state index in [-0.39, 0.29) is 0 Å². The average molecular weight is 526 g/mol. The molecule has 9 nitrogen and oxygen atoms in total. The summed E-state index contributed by atoms with van der Waals surface area (Å²) >= 11 is 0. The quantitative estimate of drug-likeness (QED) is 0.369. The van der Waals surface area contributed by atoms with Crippen molar-refractivity contribution in [3.63, 3.8) is 0 Å². The molecule has 2 heterocycles. The third kappa shape index (κ3) is 9.30. The number of benzene rings is 1. The number of aromatic nitrogens is 3. The first-order valence-electron chi connectivity index (χ1n) is 10.1. The number of carbonyl (C=O) groups is 2. The zero-order valence-corrected chi connectivity index (χ0v) is 19.3. The number of para-hydroxylation sites is 1. The topological polar surface area (TPSA) is 138 Å². The predicted molar refractivity (Wildman–Crippen MR) is 116 cm³/mol. The average Bonchev–Trinajstić information content (AvgIpc) is 3.08. The lowest BCUT2D eigenvalue weighted by Crippen LogP contribution is -2.28. The molecule has 4 N–H and O–H groups in total. The highest BCUT2D eigenvalue weighted by Crippen LogP contribution is 2.25. The van der Waals surface area contributed by atoms with Crippen LogP contribution in [0, 0.1) is 0 Å². The molecule has 1 aromatic carbocycles. The van der Waals surface area contributed by atoms with E-state index in [4.69, 9.17) is 24.8 Å². The molecule has 36 heavy (non-hydrogen) atoms. The summed E-state index contributed by atoms with van der Waals surface area (Å²) in [4.78, 5) is 27.1. The maximum atomic E-state index is 10.6. The smallest absolute Gasteiger partial charge is 0.475 e. The number of aliphatic carboxylic acids is 2. The van der Waals surface area contributed by atoms with E-state index in [0.29, 0.717) is 13.1 Å². The Bertz CT molecular complexity index is 1160. The van der Waals surface area contributed by atoms with E-state index in [0.717, 1.165) is 34.3 Å². The van der Waals surface area contributed by atoms with E-state index in [1.165, 1.54) is 0 Å². The van der Waals surface area contributed by atoms with Crippen LogP contribution >= 0.6 is 0 Å². The monoisotopic (exact) mass is 526 g/mol. The molecule has 0 atom stereocenters. The molecule has 0 amide bonds. The number of rotatable bonds is 5. The van der Waals surface area contributed by atoms with Crippen molar-refractivity contribution >= 4 is 33.9 Å². The van der Waals surface area contributed by atoms with Gasteiger partial charge in [0.25, 0.3) is 0 Å². The maximum Gasteiger partial charge on any atom is 0.490 e. The van der Waals surface area contributed by atoms with E-state index in [9.17, 15) is 31.4 Å². The number of aliphatic hydroxyl groups is 1. The van der Waals surface area contributed by atoms with Crippen molar-refractivity contribution in [3.05, 3.63) is 36.3 Å². The number of carboxylic acids is 2. The summed E-state index contributed by atoms with van der Waals surface area (Å²) in [6.45, 7) is 7.74. The number of fused-ring (bicyclic) bond motifs is 3. The maximum absolute atomic E-state index is 10.6. The van der Waals surface area contributed by atoms with Crippen LogP contribution in [0.25, 0.3) is 21.9 Å². The van der Waals surface area contributed by atoms with Gasteiger partial charge in [-0.15, -0.1) is 0 Å². The Morgan fingerprint density at radius 3 is 1.94 bits per heavy atom. The minimum atomic E-state index is -5.08. The van der Waals surface area contributed by atoms with Crippen LogP contribution in [-0.4, -0.2) is 66.3 Å². The lowest BCUT2D eigenvalue weighted by Gasteiger charge is -2.20. The molecule has 15 heteroatoms. The van der Waals surface area contributed by atoms with Gasteiger partial charge in [0.05, 0.1) is 41.4 Å². The zero-order valence-electron chi connectivity index (χ0n) is 19.3. The van der Waals surface area contributed by atoms with Gasteiger partial charge in [-0.1, -0.05) is 25.1 Å². The van der Waals surface area contributed by atoms with Crippen LogP contribution in [0.2, 0.25) is 0 Å². The molecule has 0 spiro atoms. The fraction of sp³-hybridized carbons (Fsp3) is 0.429. The highest BCUT2D eigenvalue weighted by Gasteiger charge is 2.38. The van der Waals surface area contributed by atoms with Crippen molar-refractivity contribution < 1.29 is 51.3 Å². The van der Waals surface area contributed by atoms with Gasteiger partial charge in [0.15, 0.2) is 0 Å². The van der Waals surface area contributed by atoms with Crippen molar-refractivity contribution in [2.45, 2.75) is 51.8 Å². The molecule has 0 saturated carbocycles. The van der Waals surface area contributed by atoms with Crippen LogP contribution in [0.4, 0.5) is 26.3 Å². The van der Waals surface area contributed by atoms with Gasteiger partial charge in [-0.25, -0.2) is 14.6 Å². The second-order valence-electron chi connectivity index (χ2n) is 7.82. The third-order valence-electron chi connectivity index (χ3n) is 4.13. The summed E-state index contributed by atoms with van der Waals surface area (Å²) in [5, 5.41) is 28.8. The van der Waals surface area contributed by atoms with E-state index in [1.54, 1.807) is 0 Å². The number of carboxylic acid groups (broad SMARTS) is 2. The van der Waals surface area contributed by atoms with E-state index in [1.807, 2.05) is 44.3 Å². The number of alkyl halides is 6. The number of hydrogen-bond acceptors (Lipinski definition) is 6. The minimum absolute atomic E-state index is 0.490. The van der Waals surface area contributed by atoms with Crippen molar-refractivity contribution in [3.8, 4) is 0 Å². The number of pyridine rings is 1. The Kier molecular flexibility index (Phi) is 10.2. The first kappa shape index (κ1) is 30.6. The first-order valence-corrected chi connectivity index (χ1v) is 10.1. The van der Waals surface area contributed by atoms with Crippen LogP contribution in [0.5, 0.6) is 0 Å². The molecule has 0 aliphatic rings. The molecular weight excluding hydrogens is 502 g/mol. The highest BCUT2D eigenvalue weighted by molar-refractivity contribution is 6.02. The zero-order chi connectivity index (χ0) is 27.9. The molecule has 0 radical (unpaired) electrons. The summed E-state index contributed by atoms with van der Waals surface area (Å²) in [6, 6.07) is 8.02. The van der Waals surface area contributed by atoms with Gasteiger partial charge in [0.2, 0.25) is 0 Å². The van der Waals surface area contributed by atoms with Gasteiger partial charge in [0, 0.05) is 5.39 Å². The summed E-state index contributed by atoms with van der Waals surface area (Å²) < 4.78 is 65.5. The molecule has 3 rings (SSSR count). The predicted octanol–water partition coefficient (Wildman–Crippen LogP) is 3.73. The first-order chi connectivity index (χ1) is 16.4. The second-order valence-corrected chi connectivity index (χ2v) is 7.82. The SMILES string of the molecule is CCNCc1nc2c3ccccc3ncc2n1CC(C)(C)O.O=C(O)C(F)(F)F.O=C(O)C(F)(F)F. The Morgan fingerprint density at radius 1 is 1.00 bits per heavy atom. The van der Waals surface area contributed by atoms with Crippen molar-refractivity contribution in [1.29, 1.82) is 0 Å². The van der Waals surface area contributed by atoms with Gasteiger partial charge in [-0.2, -0.15) is 26.3 Å². The van der Waals surface area contributed by atoms with Gasteiger partial charge < -0.3 is 25.2 Å². The summed E-state index contributed by atoms with van der Waals surface area (Å²) in [6.07, 6.45) is -8.31. The molecule has 0 aliphatic carbocycles. The lowest BCUT2D eigenvalue weighted by atomic mass is 10.1. The molecule has 0 bridgehead atoms.